The van der Waals surface area contributed by atoms with Crippen LogP contribution in [0.1, 0.15) is 42.6 Å². The molecule has 0 aliphatic rings. The van der Waals surface area contributed by atoms with Crippen molar-refractivity contribution in [2.24, 2.45) is 0 Å². The van der Waals surface area contributed by atoms with Gasteiger partial charge < -0.3 is 5.32 Å². The van der Waals surface area contributed by atoms with E-state index in [9.17, 15) is 9.18 Å². The van der Waals surface area contributed by atoms with Crippen molar-refractivity contribution >= 4 is 5.91 Å². The summed E-state index contributed by atoms with van der Waals surface area (Å²) in [4.78, 5) is 11.8. The van der Waals surface area contributed by atoms with Crippen LogP contribution in [0.25, 0.3) is 0 Å². The summed E-state index contributed by atoms with van der Waals surface area (Å²) in [6.07, 6.45) is 1.90. The van der Waals surface area contributed by atoms with Crippen molar-refractivity contribution in [2.75, 3.05) is 0 Å². The Kier molecular flexibility index (Phi) is 4.47. The molecule has 0 bridgehead atoms. The molecule has 0 radical (unpaired) electrons. The van der Waals surface area contributed by atoms with Gasteiger partial charge in [-0.05, 0) is 31.9 Å². The van der Waals surface area contributed by atoms with Gasteiger partial charge in [0.05, 0.1) is 5.56 Å². The van der Waals surface area contributed by atoms with Crippen molar-refractivity contribution in [3.05, 3.63) is 35.1 Å². The Labute approximate surface area is 95.9 Å². The fourth-order valence-electron chi connectivity index (χ4n) is 1.63. The first kappa shape index (κ1) is 12.7. The van der Waals surface area contributed by atoms with Crippen molar-refractivity contribution in [2.45, 2.75) is 39.7 Å². The summed E-state index contributed by atoms with van der Waals surface area (Å²) >= 11 is 0. The van der Waals surface area contributed by atoms with E-state index in [1.54, 1.807) is 19.1 Å². The maximum Gasteiger partial charge on any atom is 0.254 e. The molecule has 0 spiro atoms. The van der Waals surface area contributed by atoms with E-state index < -0.39 is 5.82 Å². The highest BCUT2D eigenvalue weighted by Crippen LogP contribution is 2.12. The summed E-state index contributed by atoms with van der Waals surface area (Å²) in [6.45, 7) is 5.63. The van der Waals surface area contributed by atoms with Gasteiger partial charge in [-0.2, -0.15) is 0 Å². The second-order valence-corrected chi connectivity index (χ2v) is 4.10. The largest absolute Gasteiger partial charge is 0.349 e. The molecule has 0 saturated carbocycles. The molecule has 0 saturated heterocycles. The van der Waals surface area contributed by atoms with E-state index in [1.165, 1.54) is 6.07 Å². The van der Waals surface area contributed by atoms with Crippen LogP contribution in [0.15, 0.2) is 18.2 Å². The molecule has 0 fully saturated rings. The average Bonchev–Trinajstić information content (AvgIpc) is 2.22. The van der Waals surface area contributed by atoms with Crippen LogP contribution in [0.3, 0.4) is 0 Å². The van der Waals surface area contributed by atoms with Crippen LogP contribution in [0.2, 0.25) is 0 Å². The van der Waals surface area contributed by atoms with Crippen molar-refractivity contribution in [3.63, 3.8) is 0 Å². The molecule has 1 amide bonds. The molecule has 1 rings (SSSR count). The number of halogens is 1. The number of hydrogen-bond donors (Lipinski definition) is 1. The van der Waals surface area contributed by atoms with Gasteiger partial charge in [-0.1, -0.05) is 25.5 Å². The molecular weight excluding hydrogens is 205 g/mol. The Balaban J connectivity index is 2.77. The minimum absolute atomic E-state index is 0.0809. The van der Waals surface area contributed by atoms with Crippen LogP contribution >= 0.6 is 0 Å². The molecular formula is C13H18FNO. The van der Waals surface area contributed by atoms with Gasteiger partial charge in [-0.3, -0.25) is 4.79 Å². The topological polar surface area (TPSA) is 29.1 Å². The van der Waals surface area contributed by atoms with E-state index in [0.717, 1.165) is 12.8 Å². The highest BCUT2D eigenvalue weighted by atomic mass is 19.1. The number of rotatable bonds is 4. The molecule has 0 aliphatic carbocycles. The summed E-state index contributed by atoms with van der Waals surface area (Å²) < 4.78 is 13.6. The first-order valence-corrected chi connectivity index (χ1v) is 5.62. The Hall–Kier alpha value is -1.38. The SMILES string of the molecule is CCCC(C)NC(=O)c1cccc(C)c1F. The lowest BCUT2D eigenvalue weighted by Gasteiger charge is -2.13. The second-order valence-electron chi connectivity index (χ2n) is 4.10. The third-order valence-electron chi connectivity index (χ3n) is 2.54. The predicted molar refractivity (Wildman–Crippen MR) is 63.0 cm³/mol. The zero-order valence-electron chi connectivity index (χ0n) is 10.0. The molecule has 1 aromatic rings. The minimum Gasteiger partial charge on any atom is -0.349 e. The van der Waals surface area contributed by atoms with Gasteiger partial charge in [-0.25, -0.2) is 4.39 Å². The normalized spacial score (nSPS) is 12.2. The molecule has 88 valence electrons. The standard InChI is InChI=1S/C13H18FNO/c1-4-6-10(3)15-13(16)11-8-5-7-9(2)12(11)14/h5,7-8,10H,4,6H2,1-3H3,(H,15,16). The van der Waals surface area contributed by atoms with Crippen molar-refractivity contribution in [1.29, 1.82) is 0 Å². The Morgan fingerprint density at radius 2 is 2.19 bits per heavy atom. The van der Waals surface area contributed by atoms with Gasteiger partial charge in [0.1, 0.15) is 5.82 Å². The number of amides is 1. The molecule has 0 aromatic heterocycles. The van der Waals surface area contributed by atoms with Gasteiger partial charge in [-0.15, -0.1) is 0 Å². The van der Waals surface area contributed by atoms with E-state index in [0.29, 0.717) is 5.56 Å². The molecule has 0 aliphatic heterocycles. The van der Waals surface area contributed by atoms with Gasteiger partial charge in [0.25, 0.3) is 5.91 Å². The van der Waals surface area contributed by atoms with Gasteiger partial charge in [0.15, 0.2) is 0 Å². The van der Waals surface area contributed by atoms with Gasteiger partial charge in [0, 0.05) is 6.04 Å². The Morgan fingerprint density at radius 1 is 1.50 bits per heavy atom. The molecule has 1 N–H and O–H groups in total. The van der Waals surface area contributed by atoms with Crippen LogP contribution in [-0.2, 0) is 0 Å². The fourth-order valence-corrected chi connectivity index (χ4v) is 1.63. The van der Waals surface area contributed by atoms with Gasteiger partial charge >= 0.3 is 0 Å². The average molecular weight is 223 g/mol. The molecule has 0 heterocycles. The molecule has 16 heavy (non-hydrogen) atoms. The van der Waals surface area contributed by atoms with E-state index in [2.05, 4.69) is 12.2 Å². The summed E-state index contributed by atoms with van der Waals surface area (Å²) in [6, 6.07) is 4.94. The highest BCUT2D eigenvalue weighted by molar-refractivity contribution is 5.94. The summed E-state index contributed by atoms with van der Waals surface area (Å²) in [5, 5.41) is 2.79. The quantitative estimate of drug-likeness (QED) is 0.835. The summed E-state index contributed by atoms with van der Waals surface area (Å²) in [5.41, 5.74) is 0.624. The number of carbonyl (C=O) groups is 1. The Morgan fingerprint density at radius 3 is 2.81 bits per heavy atom. The highest BCUT2D eigenvalue weighted by Gasteiger charge is 2.14. The van der Waals surface area contributed by atoms with Crippen molar-refractivity contribution < 1.29 is 9.18 Å². The van der Waals surface area contributed by atoms with Crippen LogP contribution in [0.5, 0.6) is 0 Å². The summed E-state index contributed by atoms with van der Waals surface area (Å²) in [5.74, 6) is -0.758. The molecule has 1 aromatic carbocycles. The third kappa shape index (κ3) is 3.05. The van der Waals surface area contributed by atoms with Gasteiger partial charge in [0.2, 0.25) is 0 Å². The van der Waals surface area contributed by atoms with Crippen molar-refractivity contribution in [1.82, 2.24) is 5.32 Å². The third-order valence-corrected chi connectivity index (χ3v) is 2.54. The van der Waals surface area contributed by atoms with Crippen LogP contribution in [-0.4, -0.2) is 11.9 Å². The Bertz CT molecular complexity index is 376. The van der Waals surface area contributed by atoms with E-state index >= 15 is 0 Å². The minimum atomic E-state index is -0.427. The lowest BCUT2D eigenvalue weighted by molar-refractivity contribution is 0.0934. The van der Waals surface area contributed by atoms with E-state index in [1.807, 2.05) is 6.92 Å². The van der Waals surface area contributed by atoms with E-state index in [4.69, 9.17) is 0 Å². The number of benzene rings is 1. The first-order valence-electron chi connectivity index (χ1n) is 5.62. The number of carbonyl (C=O) groups excluding carboxylic acids is 1. The second kappa shape index (κ2) is 5.64. The molecule has 1 atom stereocenters. The molecule has 1 unspecified atom stereocenters. The zero-order valence-corrected chi connectivity index (χ0v) is 10.0. The number of aryl methyl sites for hydroxylation is 1. The van der Waals surface area contributed by atoms with Crippen LogP contribution in [0, 0.1) is 12.7 Å². The smallest absolute Gasteiger partial charge is 0.254 e. The predicted octanol–water partition coefficient (Wildman–Crippen LogP) is 3.05. The summed E-state index contributed by atoms with van der Waals surface area (Å²) in [7, 11) is 0. The molecule has 2 nitrogen and oxygen atoms in total. The zero-order chi connectivity index (χ0) is 12.1. The van der Waals surface area contributed by atoms with Crippen LogP contribution < -0.4 is 5.32 Å². The maximum atomic E-state index is 13.6. The maximum absolute atomic E-state index is 13.6. The number of nitrogens with one attached hydrogen (secondary N) is 1. The monoisotopic (exact) mass is 223 g/mol. The first-order chi connectivity index (χ1) is 7.56. The van der Waals surface area contributed by atoms with Crippen LogP contribution in [0.4, 0.5) is 4.39 Å². The molecule has 3 heteroatoms. The van der Waals surface area contributed by atoms with E-state index in [-0.39, 0.29) is 17.5 Å². The lowest BCUT2D eigenvalue weighted by atomic mass is 10.1. The van der Waals surface area contributed by atoms with Crippen molar-refractivity contribution in [3.8, 4) is 0 Å². The fraction of sp³-hybridized carbons (Fsp3) is 0.462. The number of hydrogen-bond acceptors (Lipinski definition) is 1. The lowest BCUT2D eigenvalue weighted by Crippen LogP contribution is -2.33.